The third kappa shape index (κ3) is 4.07. The number of sulfonamides is 1. The SMILES string of the molecule is CCNS(=O)(=O)c1ccc(NC(=O)c2ccccc2Cl)c(F)c1. The van der Waals surface area contributed by atoms with Gasteiger partial charge in [-0.1, -0.05) is 30.7 Å². The zero-order valence-corrected chi connectivity index (χ0v) is 13.7. The molecule has 122 valence electrons. The molecule has 0 saturated carbocycles. The number of carbonyl (C=O) groups excluding carboxylic acids is 1. The Morgan fingerprint density at radius 1 is 1.22 bits per heavy atom. The second-order valence-electron chi connectivity index (χ2n) is 4.58. The van der Waals surface area contributed by atoms with Crippen molar-refractivity contribution < 1.29 is 17.6 Å². The van der Waals surface area contributed by atoms with E-state index in [9.17, 15) is 17.6 Å². The molecule has 0 atom stereocenters. The van der Waals surface area contributed by atoms with E-state index in [0.717, 1.165) is 6.07 Å². The maximum atomic E-state index is 14.1. The summed E-state index contributed by atoms with van der Waals surface area (Å²) in [5.41, 5.74) is 0.0586. The number of anilines is 1. The minimum atomic E-state index is -3.76. The lowest BCUT2D eigenvalue weighted by molar-refractivity contribution is 0.102. The first-order valence-corrected chi connectivity index (χ1v) is 8.56. The van der Waals surface area contributed by atoms with Gasteiger partial charge in [0.2, 0.25) is 10.0 Å². The fourth-order valence-corrected chi connectivity index (χ4v) is 3.15. The Morgan fingerprint density at radius 3 is 2.52 bits per heavy atom. The van der Waals surface area contributed by atoms with Gasteiger partial charge in [0.25, 0.3) is 5.91 Å². The maximum absolute atomic E-state index is 14.1. The van der Waals surface area contributed by atoms with E-state index in [-0.39, 0.29) is 27.7 Å². The summed E-state index contributed by atoms with van der Waals surface area (Å²) in [7, 11) is -3.76. The number of amides is 1. The molecule has 0 aromatic heterocycles. The minimum absolute atomic E-state index is 0.134. The summed E-state index contributed by atoms with van der Waals surface area (Å²) in [4.78, 5) is 11.9. The summed E-state index contributed by atoms with van der Waals surface area (Å²) >= 11 is 5.90. The monoisotopic (exact) mass is 356 g/mol. The van der Waals surface area contributed by atoms with Gasteiger partial charge in [0.15, 0.2) is 0 Å². The number of nitrogens with one attached hydrogen (secondary N) is 2. The van der Waals surface area contributed by atoms with Crippen LogP contribution in [0.15, 0.2) is 47.4 Å². The molecule has 0 aliphatic heterocycles. The molecule has 8 heteroatoms. The molecule has 2 rings (SSSR count). The summed E-state index contributed by atoms with van der Waals surface area (Å²) in [5.74, 6) is -1.44. The lowest BCUT2D eigenvalue weighted by atomic mass is 10.2. The van der Waals surface area contributed by atoms with Gasteiger partial charge in [-0.3, -0.25) is 4.79 Å². The second-order valence-corrected chi connectivity index (χ2v) is 6.75. The minimum Gasteiger partial charge on any atom is -0.319 e. The van der Waals surface area contributed by atoms with Gasteiger partial charge in [-0.15, -0.1) is 0 Å². The highest BCUT2D eigenvalue weighted by Crippen LogP contribution is 2.21. The van der Waals surface area contributed by atoms with Crippen molar-refractivity contribution in [2.75, 3.05) is 11.9 Å². The van der Waals surface area contributed by atoms with Gasteiger partial charge < -0.3 is 5.32 Å². The average molecular weight is 357 g/mol. The van der Waals surface area contributed by atoms with Crippen LogP contribution in [0.25, 0.3) is 0 Å². The van der Waals surface area contributed by atoms with Crippen LogP contribution in [-0.4, -0.2) is 20.9 Å². The summed E-state index contributed by atoms with van der Waals surface area (Å²) < 4.78 is 39.9. The number of hydrogen-bond acceptors (Lipinski definition) is 3. The van der Waals surface area contributed by atoms with Crippen molar-refractivity contribution in [2.45, 2.75) is 11.8 Å². The normalized spacial score (nSPS) is 11.3. The first kappa shape index (κ1) is 17.4. The van der Waals surface area contributed by atoms with Crippen molar-refractivity contribution in [3.8, 4) is 0 Å². The molecule has 0 aliphatic rings. The molecule has 0 spiro atoms. The van der Waals surface area contributed by atoms with Crippen molar-refractivity contribution in [1.82, 2.24) is 4.72 Å². The molecular weight excluding hydrogens is 343 g/mol. The number of rotatable bonds is 5. The Hall–Kier alpha value is -1.96. The van der Waals surface area contributed by atoms with Gasteiger partial charge in [-0.2, -0.15) is 0 Å². The van der Waals surface area contributed by atoms with Gasteiger partial charge in [-0.05, 0) is 30.3 Å². The first-order chi connectivity index (χ1) is 10.8. The quantitative estimate of drug-likeness (QED) is 0.864. The molecule has 2 aromatic rings. The van der Waals surface area contributed by atoms with Gasteiger partial charge >= 0.3 is 0 Å². The number of benzene rings is 2. The standard InChI is InChI=1S/C15H14ClFN2O3S/c1-2-18-23(21,22)10-7-8-14(13(17)9-10)19-15(20)11-5-3-4-6-12(11)16/h3-9,18H,2H2,1H3,(H,19,20). The maximum Gasteiger partial charge on any atom is 0.257 e. The highest BCUT2D eigenvalue weighted by Gasteiger charge is 2.17. The predicted molar refractivity (Wildman–Crippen MR) is 86.7 cm³/mol. The molecule has 2 N–H and O–H groups in total. The van der Waals surface area contributed by atoms with Gasteiger partial charge in [0.05, 0.1) is 21.2 Å². The molecule has 0 radical (unpaired) electrons. The average Bonchev–Trinajstić information content (AvgIpc) is 2.49. The topological polar surface area (TPSA) is 75.3 Å². The number of carbonyl (C=O) groups is 1. The highest BCUT2D eigenvalue weighted by molar-refractivity contribution is 7.89. The number of halogens is 2. The molecule has 0 fully saturated rings. The number of hydrogen-bond donors (Lipinski definition) is 2. The third-order valence-corrected chi connectivity index (χ3v) is 4.82. The van der Waals surface area contributed by atoms with Gasteiger partial charge in [0.1, 0.15) is 5.82 Å². The first-order valence-electron chi connectivity index (χ1n) is 6.70. The van der Waals surface area contributed by atoms with Crippen LogP contribution >= 0.6 is 11.6 Å². The molecular formula is C15H14ClFN2O3S. The Kier molecular flexibility index (Phi) is 5.35. The van der Waals surface area contributed by atoms with E-state index in [1.54, 1.807) is 25.1 Å². The molecule has 23 heavy (non-hydrogen) atoms. The molecule has 0 heterocycles. The van der Waals surface area contributed by atoms with Gasteiger partial charge in [0, 0.05) is 6.54 Å². The van der Waals surface area contributed by atoms with Crippen molar-refractivity contribution in [1.29, 1.82) is 0 Å². The van der Waals surface area contributed by atoms with E-state index < -0.39 is 21.7 Å². The predicted octanol–water partition coefficient (Wildman–Crippen LogP) is 3.03. The van der Waals surface area contributed by atoms with Crippen LogP contribution in [-0.2, 0) is 10.0 Å². The summed E-state index contributed by atoms with van der Waals surface area (Å²) in [5, 5.41) is 2.60. The zero-order valence-electron chi connectivity index (χ0n) is 12.1. The second kappa shape index (κ2) is 7.08. The summed E-state index contributed by atoms with van der Waals surface area (Å²) in [6, 6.07) is 9.58. The molecule has 1 amide bonds. The molecule has 2 aromatic carbocycles. The lowest BCUT2D eigenvalue weighted by Gasteiger charge is -2.10. The molecule has 0 unspecified atom stereocenters. The lowest BCUT2D eigenvalue weighted by Crippen LogP contribution is -2.23. The van der Waals surface area contributed by atoms with Crippen LogP contribution in [0, 0.1) is 5.82 Å². The van der Waals surface area contributed by atoms with Crippen LogP contribution in [0.3, 0.4) is 0 Å². The Bertz CT molecular complexity index is 840. The Balaban J connectivity index is 2.26. The Labute approximate surface area is 138 Å². The van der Waals surface area contributed by atoms with Crippen molar-refractivity contribution >= 4 is 33.2 Å². The van der Waals surface area contributed by atoms with Crippen LogP contribution in [0.5, 0.6) is 0 Å². The largest absolute Gasteiger partial charge is 0.319 e. The van der Waals surface area contributed by atoms with Crippen molar-refractivity contribution in [3.05, 3.63) is 58.9 Å². The fourth-order valence-electron chi connectivity index (χ4n) is 1.87. The van der Waals surface area contributed by atoms with E-state index >= 15 is 0 Å². The smallest absolute Gasteiger partial charge is 0.257 e. The van der Waals surface area contributed by atoms with E-state index in [2.05, 4.69) is 10.0 Å². The fraction of sp³-hybridized carbons (Fsp3) is 0.133. The van der Waals surface area contributed by atoms with Gasteiger partial charge in [-0.25, -0.2) is 17.5 Å². The van der Waals surface area contributed by atoms with E-state index in [4.69, 9.17) is 11.6 Å². The van der Waals surface area contributed by atoms with E-state index in [0.29, 0.717) is 0 Å². The molecule has 0 saturated heterocycles. The highest BCUT2D eigenvalue weighted by atomic mass is 35.5. The van der Waals surface area contributed by atoms with Crippen molar-refractivity contribution in [3.63, 3.8) is 0 Å². The van der Waals surface area contributed by atoms with E-state index in [1.807, 2.05) is 0 Å². The van der Waals surface area contributed by atoms with E-state index in [1.165, 1.54) is 18.2 Å². The molecule has 5 nitrogen and oxygen atoms in total. The Morgan fingerprint density at radius 2 is 1.91 bits per heavy atom. The molecule has 0 aliphatic carbocycles. The summed E-state index contributed by atoms with van der Waals surface area (Å²) in [6.45, 7) is 1.81. The van der Waals surface area contributed by atoms with Crippen molar-refractivity contribution in [2.24, 2.45) is 0 Å². The summed E-state index contributed by atoms with van der Waals surface area (Å²) in [6.07, 6.45) is 0. The van der Waals surface area contributed by atoms with Crippen LogP contribution in [0.4, 0.5) is 10.1 Å². The van der Waals surface area contributed by atoms with Crippen LogP contribution in [0.1, 0.15) is 17.3 Å². The third-order valence-electron chi connectivity index (χ3n) is 2.95. The van der Waals surface area contributed by atoms with Crippen LogP contribution < -0.4 is 10.0 Å². The molecule has 0 bridgehead atoms. The van der Waals surface area contributed by atoms with Crippen LogP contribution in [0.2, 0.25) is 5.02 Å². The zero-order chi connectivity index (χ0) is 17.0.